The Balaban J connectivity index is 2.37. The highest BCUT2D eigenvalue weighted by molar-refractivity contribution is 5.44. The third-order valence-corrected chi connectivity index (χ3v) is 3.57. The fourth-order valence-electron chi connectivity index (χ4n) is 2.31. The van der Waals surface area contributed by atoms with Crippen LogP contribution >= 0.6 is 0 Å². The van der Waals surface area contributed by atoms with Gasteiger partial charge in [-0.3, -0.25) is 14.8 Å². The first-order chi connectivity index (χ1) is 9.56. The maximum Gasteiger partial charge on any atom is 0.272 e. The Morgan fingerprint density at radius 3 is 2.65 bits per heavy atom. The minimum absolute atomic E-state index is 0.170. The second-order valence-electron chi connectivity index (χ2n) is 4.81. The van der Waals surface area contributed by atoms with Gasteiger partial charge in [-0.2, -0.15) is 5.10 Å². The molecule has 0 aliphatic rings. The zero-order chi connectivity index (χ0) is 14.7. The summed E-state index contributed by atoms with van der Waals surface area (Å²) < 4.78 is 1.95. The van der Waals surface area contributed by atoms with E-state index in [0.717, 1.165) is 29.8 Å². The summed E-state index contributed by atoms with van der Waals surface area (Å²) in [6, 6.07) is 7.30. The third kappa shape index (κ3) is 2.71. The quantitative estimate of drug-likeness (QED) is 0.620. The number of aromatic nitrogens is 2. The molecule has 0 atom stereocenters. The van der Waals surface area contributed by atoms with Gasteiger partial charge in [0, 0.05) is 17.3 Å². The molecule has 0 fully saturated rings. The highest BCUT2D eigenvalue weighted by atomic mass is 16.6. The van der Waals surface area contributed by atoms with Crippen LogP contribution in [0.25, 0.3) is 0 Å². The highest BCUT2D eigenvalue weighted by Gasteiger charge is 2.14. The van der Waals surface area contributed by atoms with Crippen LogP contribution in [0, 0.1) is 17.0 Å². The molecule has 0 unspecified atom stereocenters. The average Bonchev–Trinajstić information content (AvgIpc) is 2.83. The van der Waals surface area contributed by atoms with Gasteiger partial charge in [-0.25, -0.2) is 0 Å². The largest absolute Gasteiger partial charge is 0.272 e. The molecule has 0 amide bonds. The van der Waals surface area contributed by atoms with E-state index in [2.05, 4.69) is 25.0 Å². The summed E-state index contributed by atoms with van der Waals surface area (Å²) in [5, 5.41) is 15.5. The number of nitro groups is 1. The van der Waals surface area contributed by atoms with Crippen molar-refractivity contribution >= 4 is 5.69 Å². The molecule has 5 heteroatoms. The van der Waals surface area contributed by atoms with E-state index in [1.807, 2.05) is 10.7 Å². The lowest BCUT2D eigenvalue weighted by Gasteiger charge is -2.09. The molecule has 2 rings (SSSR count). The van der Waals surface area contributed by atoms with Crippen LogP contribution in [-0.4, -0.2) is 14.7 Å². The van der Waals surface area contributed by atoms with Crippen LogP contribution < -0.4 is 0 Å². The van der Waals surface area contributed by atoms with E-state index in [1.54, 1.807) is 19.1 Å². The van der Waals surface area contributed by atoms with Crippen LogP contribution in [0.15, 0.2) is 24.3 Å². The normalized spacial score (nSPS) is 10.8. The lowest BCUT2D eigenvalue weighted by atomic mass is 10.1. The first-order valence-electron chi connectivity index (χ1n) is 6.85. The van der Waals surface area contributed by atoms with Crippen molar-refractivity contribution in [3.05, 3.63) is 56.9 Å². The summed E-state index contributed by atoms with van der Waals surface area (Å²) in [6.45, 7) is 6.54. The van der Waals surface area contributed by atoms with Crippen LogP contribution in [0.4, 0.5) is 5.69 Å². The second-order valence-corrected chi connectivity index (χ2v) is 4.81. The molecule has 2 aromatic rings. The lowest BCUT2D eigenvalue weighted by Crippen LogP contribution is -2.08. The van der Waals surface area contributed by atoms with Crippen molar-refractivity contribution in [3.63, 3.8) is 0 Å². The minimum atomic E-state index is -0.333. The van der Waals surface area contributed by atoms with Crippen LogP contribution in [-0.2, 0) is 19.4 Å². The first kappa shape index (κ1) is 14.2. The molecule has 20 heavy (non-hydrogen) atoms. The molecule has 0 radical (unpaired) electrons. The second kappa shape index (κ2) is 5.86. The minimum Gasteiger partial charge on any atom is -0.265 e. The maximum atomic E-state index is 11.0. The van der Waals surface area contributed by atoms with Crippen molar-refractivity contribution in [1.29, 1.82) is 0 Å². The Morgan fingerprint density at radius 1 is 1.30 bits per heavy atom. The topological polar surface area (TPSA) is 61.0 Å². The molecule has 0 spiro atoms. The smallest absolute Gasteiger partial charge is 0.265 e. The number of nitro benzene ring substituents is 1. The third-order valence-electron chi connectivity index (χ3n) is 3.57. The summed E-state index contributed by atoms with van der Waals surface area (Å²) in [6.07, 6.45) is 1.80. The standard InChI is InChI=1S/C15H19N3O2/c1-4-13-9-14(5-2)17(16-13)10-12-7-6-8-15(11(12)3)18(19)20/h6-9H,4-5,10H2,1-3H3. The molecular formula is C15H19N3O2. The Bertz CT molecular complexity index is 632. The van der Waals surface area contributed by atoms with Crippen LogP contribution in [0.3, 0.4) is 0 Å². The van der Waals surface area contributed by atoms with E-state index in [-0.39, 0.29) is 10.6 Å². The first-order valence-corrected chi connectivity index (χ1v) is 6.85. The van der Waals surface area contributed by atoms with Crippen molar-refractivity contribution in [2.75, 3.05) is 0 Å². The van der Waals surface area contributed by atoms with Gasteiger partial charge in [-0.15, -0.1) is 0 Å². The number of hydrogen-bond donors (Lipinski definition) is 0. The van der Waals surface area contributed by atoms with E-state index >= 15 is 0 Å². The predicted octanol–water partition coefficient (Wildman–Crippen LogP) is 3.27. The molecule has 1 aromatic heterocycles. The molecule has 0 saturated heterocycles. The van der Waals surface area contributed by atoms with Gasteiger partial charge in [-0.1, -0.05) is 26.0 Å². The maximum absolute atomic E-state index is 11.0. The Morgan fingerprint density at radius 2 is 2.05 bits per heavy atom. The SMILES string of the molecule is CCc1cc(CC)n(Cc2cccc([N+](=O)[O-])c2C)n1. The molecule has 0 aliphatic carbocycles. The zero-order valence-corrected chi connectivity index (χ0v) is 12.1. The summed E-state index contributed by atoms with van der Waals surface area (Å²) in [7, 11) is 0. The summed E-state index contributed by atoms with van der Waals surface area (Å²) in [5.41, 5.74) is 4.05. The molecule has 1 aromatic carbocycles. The number of nitrogens with zero attached hydrogens (tertiary/aromatic N) is 3. The molecular weight excluding hydrogens is 254 g/mol. The molecule has 106 valence electrons. The van der Waals surface area contributed by atoms with Gasteiger partial charge in [0.1, 0.15) is 0 Å². The van der Waals surface area contributed by atoms with Gasteiger partial charge < -0.3 is 0 Å². The van der Waals surface area contributed by atoms with Gasteiger partial charge in [0.05, 0.1) is 17.2 Å². The molecule has 0 bridgehead atoms. The van der Waals surface area contributed by atoms with Crippen molar-refractivity contribution < 1.29 is 4.92 Å². The molecule has 0 aliphatic heterocycles. The Labute approximate surface area is 118 Å². The average molecular weight is 273 g/mol. The number of hydrogen-bond acceptors (Lipinski definition) is 3. The molecule has 0 N–H and O–H groups in total. The summed E-state index contributed by atoms with van der Waals surface area (Å²) in [5.74, 6) is 0. The van der Waals surface area contributed by atoms with E-state index < -0.39 is 0 Å². The van der Waals surface area contributed by atoms with Gasteiger partial charge >= 0.3 is 0 Å². The van der Waals surface area contributed by atoms with E-state index in [1.165, 1.54) is 0 Å². The Kier molecular flexibility index (Phi) is 4.17. The van der Waals surface area contributed by atoms with Crippen molar-refractivity contribution in [2.24, 2.45) is 0 Å². The molecule has 1 heterocycles. The molecule has 5 nitrogen and oxygen atoms in total. The predicted molar refractivity (Wildman–Crippen MR) is 77.9 cm³/mol. The number of benzene rings is 1. The van der Waals surface area contributed by atoms with E-state index in [9.17, 15) is 10.1 Å². The van der Waals surface area contributed by atoms with Crippen molar-refractivity contribution in [2.45, 2.75) is 40.2 Å². The Hall–Kier alpha value is -2.17. The van der Waals surface area contributed by atoms with Crippen LogP contribution in [0.2, 0.25) is 0 Å². The summed E-state index contributed by atoms with van der Waals surface area (Å²) >= 11 is 0. The van der Waals surface area contributed by atoms with Crippen LogP contribution in [0.1, 0.15) is 36.4 Å². The summed E-state index contributed by atoms with van der Waals surface area (Å²) in [4.78, 5) is 10.6. The molecule has 0 saturated carbocycles. The lowest BCUT2D eigenvalue weighted by molar-refractivity contribution is -0.385. The number of aryl methyl sites for hydroxylation is 2. The van der Waals surface area contributed by atoms with Gasteiger partial charge in [0.2, 0.25) is 0 Å². The fourth-order valence-corrected chi connectivity index (χ4v) is 2.31. The van der Waals surface area contributed by atoms with Crippen molar-refractivity contribution in [1.82, 2.24) is 9.78 Å². The number of rotatable bonds is 5. The van der Waals surface area contributed by atoms with E-state index in [0.29, 0.717) is 12.1 Å². The van der Waals surface area contributed by atoms with Gasteiger partial charge in [0.15, 0.2) is 0 Å². The van der Waals surface area contributed by atoms with Gasteiger partial charge in [0.25, 0.3) is 5.69 Å². The van der Waals surface area contributed by atoms with Crippen molar-refractivity contribution in [3.8, 4) is 0 Å². The monoisotopic (exact) mass is 273 g/mol. The highest BCUT2D eigenvalue weighted by Crippen LogP contribution is 2.22. The fraction of sp³-hybridized carbons (Fsp3) is 0.400. The van der Waals surface area contributed by atoms with Crippen LogP contribution in [0.5, 0.6) is 0 Å². The van der Waals surface area contributed by atoms with E-state index in [4.69, 9.17) is 0 Å². The van der Waals surface area contributed by atoms with Gasteiger partial charge in [-0.05, 0) is 31.4 Å². The zero-order valence-electron chi connectivity index (χ0n) is 12.1.